The topological polar surface area (TPSA) is 3.24 Å². The van der Waals surface area contributed by atoms with Crippen molar-refractivity contribution in [1.82, 2.24) is 4.90 Å². The molecule has 1 aliphatic rings. The maximum absolute atomic E-state index is 2.41. The third-order valence-electron chi connectivity index (χ3n) is 3.04. The normalized spacial score (nSPS) is 24.0. The zero-order chi connectivity index (χ0) is 11.4. The fourth-order valence-corrected chi connectivity index (χ4v) is 2.30. The summed E-state index contributed by atoms with van der Waals surface area (Å²) in [4.78, 5) is 2.41. The number of nitrogens with zero attached hydrogens (tertiary/aromatic N) is 2. The number of rotatable bonds is 4. The Bertz CT molecular complexity index is 358. The van der Waals surface area contributed by atoms with E-state index in [1.54, 1.807) is 0 Å². The molecule has 0 radical (unpaired) electrons. The van der Waals surface area contributed by atoms with Gasteiger partial charge in [-0.15, -0.1) is 0 Å². The largest absolute Gasteiger partial charge is 0.326 e. The van der Waals surface area contributed by atoms with Crippen LogP contribution in [0.1, 0.15) is 18.9 Å². The molecule has 0 aliphatic carbocycles. The molecule has 86 valence electrons. The molecule has 0 bridgehead atoms. The molecule has 0 spiro atoms. The van der Waals surface area contributed by atoms with Gasteiger partial charge in [0.2, 0.25) is 0 Å². The molecule has 1 aliphatic heterocycles. The average molecular weight is 217 g/mol. The van der Waals surface area contributed by atoms with E-state index in [9.17, 15) is 0 Å². The summed E-state index contributed by atoms with van der Waals surface area (Å²) in [6.07, 6.45) is 5.77. The van der Waals surface area contributed by atoms with Crippen molar-refractivity contribution in [3.05, 3.63) is 48.3 Å². The van der Waals surface area contributed by atoms with Gasteiger partial charge in [-0.25, -0.2) is 0 Å². The zero-order valence-electron chi connectivity index (χ0n) is 10.3. The van der Waals surface area contributed by atoms with E-state index in [1.807, 2.05) is 0 Å². The molecule has 2 rings (SSSR count). The Kier molecular flexibility index (Phi) is 3.30. The highest BCUT2D eigenvalue weighted by molar-refractivity contribution is 5.13. The van der Waals surface area contributed by atoms with Crippen molar-refractivity contribution in [2.24, 2.45) is 0 Å². The molecule has 1 unspecified atom stereocenters. The Labute approximate surface area is 98.4 Å². The second-order valence-electron chi connectivity index (χ2n) is 4.88. The molecule has 0 amide bonds. The van der Waals surface area contributed by atoms with Gasteiger partial charge in [0, 0.05) is 12.1 Å². The van der Waals surface area contributed by atoms with Gasteiger partial charge in [0.15, 0.2) is 6.67 Å². The van der Waals surface area contributed by atoms with Gasteiger partial charge in [0.25, 0.3) is 0 Å². The van der Waals surface area contributed by atoms with Crippen LogP contribution in [0.3, 0.4) is 0 Å². The average Bonchev–Trinajstić information content (AvgIpc) is 2.62. The van der Waals surface area contributed by atoms with Crippen LogP contribution >= 0.6 is 0 Å². The monoisotopic (exact) mass is 217 g/mol. The molecule has 16 heavy (non-hydrogen) atoms. The first-order valence-electron chi connectivity index (χ1n) is 6.03. The summed E-state index contributed by atoms with van der Waals surface area (Å²) in [6, 6.07) is 10.7. The highest BCUT2D eigenvalue weighted by Crippen LogP contribution is 2.19. The maximum Gasteiger partial charge on any atom is 0.158 e. The predicted molar refractivity (Wildman–Crippen MR) is 67.3 cm³/mol. The Hall–Kier alpha value is -1.28. The lowest BCUT2D eigenvalue weighted by molar-refractivity contribution is -0.875. The summed E-state index contributed by atoms with van der Waals surface area (Å²) < 4.78 is 0.990. The van der Waals surface area contributed by atoms with Crippen LogP contribution < -0.4 is 0 Å². The van der Waals surface area contributed by atoms with E-state index in [0.29, 0.717) is 0 Å². The Balaban J connectivity index is 1.98. The minimum absolute atomic E-state index is 0.990. The van der Waals surface area contributed by atoms with Gasteiger partial charge in [-0.3, -0.25) is 4.48 Å². The van der Waals surface area contributed by atoms with Gasteiger partial charge in [-0.2, -0.15) is 0 Å². The van der Waals surface area contributed by atoms with Crippen molar-refractivity contribution in [2.75, 3.05) is 20.3 Å². The first kappa shape index (κ1) is 11.2. The van der Waals surface area contributed by atoms with Gasteiger partial charge in [0.1, 0.15) is 12.7 Å². The fraction of sp³-hybridized carbons (Fsp3) is 0.429. The Morgan fingerprint density at radius 1 is 1.25 bits per heavy atom. The van der Waals surface area contributed by atoms with Crippen molar-refractivity contribution in [2.45, 2.75) is 19.9 Å². The standard InChI is InChI=1S/C14H21N2/c1-3-9-15-10-11-16(2,13-15)12-14-7-5-4-6-8-14/h4-8,10-11H,3,9,12-13H2,1-2H3/q+1. The van der Waals surface area contributed by atoms with Crippen molar-refractivity contribution in [3.8, 4) is 0 Å². The van der Waals surface area contributed by atoms with Gasteiger partial charge >= 0.3 is 0 Å². The molecule has 0 saturated heterocycles. The van der Waals surface area contributed by atoms with Crippen LogP contribution in [0, 0.1) is 0 Å². The Morgan fingerprint density at radius 2 is 2.00 bits per heavy atom. The SMILES string of the molecule is CCCN1C=C[N+](C)(Cc2ccccc2)C1. The number of benzene rings is 1. The zero-order valence-corrected chi connectivity index (χ0v) is 10.3. The highest BCUT2D eigenvalue weighted by Gasteiger charge is 2.26. The highest BCUT2D eigenvalue weighted by atomic mass is 15.5. The van der Waals surface area contributed by atoms with Crippen LogP contribution in [0.4, 0.5) is 0 Å². The number of quaternary nitrogens is 1. The van der Waals surface area contributed by atoms with E-state index in [-0.39, 0.29) is 0 Å². The summed E-state index contributed by atoms with van der Waals surface area (Å²) in [6.45, 7) is 5.58. The summed E-state index contributed by atoms with van der Waals surface area (Å²) in [5, 5.41) is 0. The van der Waals surface area contributed by atoms with E-state index < -0.39 is 0 Å². The van der Waals surface area contributed by atoms with Gasteiger partial charge < -0.3 is 4.90 Å². The first-order valence-corrected chi connectivity index (χ1v) is 6.03. The minimum Gasteiger partial charge on any atom is -0.326 e. The molecule has 0 saturated carbocycles. The predicted octanol–water partition coefficient (Wildman–Crippen LogP) is 2.79. The quantitative estimate of drug-likeness (QED) is 0.701. The molecular formula is C14H21N2+. The molecule has 0 aromatic heterocycles. The van der Waals surface area contributed by atoms with E-state index in [1.165, 1.54) is 18.5 Å². The minimum atomic E-state index is 0.990. The summed E-state index contributed by atoms with van der Waals surface area (Å²) in [7, 11) is 2.29. The molecule has 1 aromatic carbocycles. The van der Waals surface area contributed by atoms with Crippen LogP contribution in [-0.2, 0) is 6.54 Å². The van der Waals surface area contributed by atoms with E-state index >= 15 is 0 Å². The lowest BCUT2D eigenvalue weighted by Crippen LogP contribution is -2.40. The van der Waals surface area contributed by atoms with Crippen LogP contribution in [0.15, 0.2) is 42.7 Å². The second kappa shape index (κ2) is 4.71. The summed E-state index contributed by atoms with van der Waals surface area (Å²) in [5.74, 6) is 0. The van der Waals surface area contributed by atoms with E-state index in [2.05, 4.69) is 61.6 Å². The first-order chi connectivity index (χ1) is 7.72. The van der Waals surface area contributed by atoms with Crippen molar-refractivity contribution >= 4 is 0 Å². The van der Waals surface area contributed by atoms with Crippen molar-refractivity contribution in [3.63, 3.8) is 0 Å². The molecule has 1 heterocycles. The van der Waals surface area contributed by atoms with Gasteiger partial charge in [-0.1, -0.05) is 37.3 Å². The molecular weight excluding hydrogens is 196 g/mol. The maximum atomic E-state index is 2.41. The molecule has 0 fully saturated rings. The smallest absolute Gasteiger partial charge is 0.158 e. The lowest BCUT2D eigenvalue weighted by atomic mass is 10.2. The van der Waals surface area contributed by atoms with Crippen LogP contribution in [0.5, 0.6) is 0 Å². The number of hydrogen-bond acceptors (Lipinski definition) is 1. The lowest BCUT2D eigenvalue weighted by Gasteiger charge is -2.28. The summed E-state index contributed by atoms with van der Waals surface area (Å²) >= 11 is 0. The molecule has 2 heteroatoms. The molecule has 0 N–H and O–H groups in total. The number of hydrogen-bond donors (Lipinski definition) is 0. The van der Waals surface area contributed by atoms with Gasteiger partial charge in [-0.05, 0) is 6.42 Å². The third kappa shape index (κ3) is 2.64. The van der Waals surface area contributed by atoms with E-state index in [0.717, 1.165) is 17.7 Å². The fourth-order valence-electron chi connectivity index (χ4n) is 2.30. The molecule has 1 aromatic rings. The van der Waals surface area contributed by atoms with Gasteiger partial charge in [0.05, 0.1) is 13.2 Å². The molecule has 2 nitrogen and oxygen atoms in total. The second-order valence-corrected chi connectivity index (χ2v) is 4.88. The van der Waals surface area contributed by atoms with E-state index in [4.69, 9.17) is 0 Å². The van der Waals surface area contributed by atoms with Crippen LogP contribution in [-0.4, -0.2) is 29.6 Å². The van der Waals surface area contributed by atoms with Crippen LogP contribution in [0.2, 0.25) is 0 Å². The van der Waals surface area contributed by atoms with Crippen molar-refractivity contribution < 1.29 is 4.48 Å². The summed E-state index contributed by atoms with van der Waals surface area (Å²) in [5.41, 5.74) is 1.41. The van der Waals surface area contributed by atoms with Crippen molar-refractivity contribution in [1.29, 1.82) is 0 Å². The molecule has 1 atom stereocenters. The Morgan fingerprint density at radius 3 is 2.69 bits per heavy atom. The van der Waals surface area contributed by atoms with Crippen LogP contribution in [0.25, 0.3) is 0 Å². The third-order valence-corrected chi connectivity index (χ3v) is 3.04.